The normalized spacial score (nSPS) is 35.9. The van der Waals surface area contributed by atoms with E-state index in [1.165, 1.54) is 24.3 Å². The van der Waals surface area contributed by atoms with Crippen LogP contribution in [-0.2, 0) is 63.7 Å². The average molecular weight is 1380 g/mol. The minimum absolute atomic E-state index is 0.0869. The molecule has 4 saturated heterocycles. The Morgan fingerprint density at radius 3 is 1.81 bits per heavy atom. The van der Waals surface area contributed by atoms with Gasteiger partial charge < -0.3 is 148 Å². The number of carbonyl (C=O) groups excluding carboxylic acids is 7. The van der Waals surface area contributed by atoms with Crippen LogP contribution >= 0.6 is 0 Å². The fourth-order valence-electron chi connectivity index (χ4n) is 11.8. The fourth-order valence-corrected chi connectivity index (χ4v) is 11.8. The molecule has 97 heavy (non-hydrogen) atoms. The van der Waals surface area contributed by atoms with Crippen LogP contribution in [-0.4, -0.2) is 317 Å². The van der Waals surface area contributed by atoms with Crippen molar-refractivity contribution in [2.24, 2.45) is 27.4 Å². The third-order valence-electron chi connectivity index (χ3n) is 17.3. The van der Waals surface area contributed by atoms with Gasteiger partial charge in [-0.1, -0.05) is 63.2 Å². The van der Waals surface area contributed by atoms with Crippen LogP contribution in [0.4, 0.5) is 0 Å². The lowest BCUT2D eigenvalue weighted by Gasteiger charge is -2.46. The van der Waals surface area contributed by atoms with Gasteiger partial charge in [-0.05, 0) is 29.2 Å². The summed E-state index contributed by atoms with van der Waals surface area (Å²) in [5.41, 5.74) is 12.8. The second-order valence-corrected chi connectivity index (χ2v) is 24.6. The molecule has 0 saturated carbocycles. The Hall–Kier alpha value is -7.61. The fraction of sp³-hybridized carbons (Fsp3) is 0.644. The lowest BCUT2D eigenvalue weighted by atomic mass is 9.92. The second-order valence-electron chi connectivity index (χ2n) is 24.6. The van der Waals surface area contributed by atoms with Gasteiger partial charge in [0.1, 0.15) is 115 Å². The molecule has 4 fully saturated rings. The van der Waals surface area contributed by atoms with Crippen molar-refractivity contribution in [1.82, 2.24) is 42.1 Å². The van der Waals surface area contributed by atoms with Crippen molar-refractivity contribution in [3.63, 3.8) is 0 Å². The lowest BCUT2D eigenvalue weighted by molar-refractivity contribution is -0.353. The number of nitrogens with two attached hydrogens (primary N) is 2. The van der Waals surface area contributed by atoms with Crippen molar-refractivity contribution in [2.75, 3.05) is 46.1 Å². The number of amides is 6. The molecule has 6 heterocycles. The quantitative estimate of drug-likeness (QED) is 0.0547. The molecule has 0 aliphatic carbocycles. The molecule has 8 rings (SSSR count). The largest absolute Gasteiger partial charge is 0.462 e. The third kappa shape index (κ3) is 17.6. The number of rotatable bonds is 20. The van der Waals surface area contributed by atoms with Gasteiger partial charge in [0.2, 0.25) is 41.7 Å². The number of guanidine groups is 2. The molecule has 24 N–H and O–H groups in total. The van der Waals surface area contributed by atoms with E-state index in [9.17, 15) is 90.4 Å². The maximum atomic E-state index is 15.2. The van der Waals surface area contributed by atoms with Crippen molar-refractivity contribution in [2.45, 2.75) is 186 Å². The Morgan fingerprint density at radius 2 is 1.19 bits per heavy atom. The Morgan fingerprint density at radius 1 is 0.598 bits per heavy atom. The Bertz CT molecular complexity index is 3100. The predicted octanol–water partition coefficient (Wildman–Crippen LogP) is -12.0. The smallest absolute Gasteiger partial charge is 0.306 e. The minimum atomic E-state index is -2.36. The zero-order chi connectivity index (χ0) is 70.9. The highest BCUT2D eigenvalue weighted by Gasteiger charge is 2.55. The van der Waals surface area contributed by atoms with E-state index >= 15 is 9.59 Å². The number of aliphatic hydroxyl groups excluding tert-OH is 13. The number of benzene rings is 2. The van der Waals surface area contributed by atoms with Crippen LogP contribution in [0.5, 0.6) is 5.75 Å². The van der Waals surface area contributed by atoms with Gasteiger partial charge in [0.15, 0.2) is 30.5 Å². The van der Waals surface area contributed by atoms with E-state index in [-0.39, 0.29) is 36.2 Å². The van der Waals surface area contributed by atoms with Gasteiger partial charge in [0.25, 0.3) is 0 Å². The first kappa shape index (κ1) is 75.2. The number of hydrogen-bond acceptors (Lipinski definition) is 32. The standard InChI is InChI=1S/C59H86N12O26/c1-22(2)13-35(77)96-49-44(83)42(81)32(20-74)94-57(49)97-48-33(21-75)95-56(47(86)45(48)84)92-26-11-9-24(10-12-26)14-27-51(88)69-37(39(78)28-15-63-58(60)67-28)54(91)70-38(40(79)30-16-64-59(61)71(30)55-46(85)43(82)41(80)31(19-73)93-55)53(90)66-29(18-72)50(87)62-17-34(76)68-36(52(89)65-27)23(3)25-7-5-4-6-8-25/h4-12,22-23,27-33,36-49,55-57,72-75,78-86H,13-21H2,1-3H3,(H2,61,64)(H,62,87)(H,65,89)(H,66,90)(H,68,76)(H,69,88)(H,70,91)(H3,60,63,67)/t23?,27?,28?,29?,30?,31-,32+,33-,36?,37?,38?,39?,40?,41-,42+,43+,44-,45-,46+,47+,48-,49-,55+,56+,57?/m1/s1. The molecule has 6 amide bonds. The van der Waals surface area contributed by atoms with Crippen LogP contribution in [0.25, 0.3) is 0 Å². The molecular weight excluding hydrogens is 1290 g/mol. The molecule has 25 atom stereocenters. The van der Waals surface area contributed by atoms with Gasteiger partial charge in [0.05, 0.1) is 58.1 Å². The Labute approximate surface area is 553 Å². The highest BCUT2D eigenvalue weighted by Crippen LogP contribution is 2.33. The number of aliphatic imine (C=N–C) groups is 2. The molecule has 6 aliphatic rings. The van der Waals surface area contributed by atoms with Crippen LogP contribution < -0.4 is 53.4 Å². The molecule has 0 bridgehead atoms. The zero-order valence-corrected chi connectivity index (χ0v) is 52.7. The van der Waals surface area contributed by atoms with Gasteiger partial charge in [-0.2, -0.15) is 0 Å². The van der Waals surface area contributed by atoms with Crippen molar-refractivity contribution < 1.29 is 128 Å². The van der Waals surface area contributed by atoms with Crippen LogP contribution in [0, 0.1) is 5.92 Å². The number of aliphatic hydroxyl groups is 13. The number of esters is 1. The summed E-state index contributed by atoms with van der Waals surface area (Å²) in [7, 11) is 0. The van der Waals surface area contributed by atoms with Crippen LogP contribution in [0.2, 0.25) is 0 Å². The van der Waals surface area contributed by atoms with Gasteiger partial charge >= 0.3 is 5.97 Å². The molecule has 0 radical (unpaired) electrons. The number of nitrogens with zero attached hydrogens (tertiary/aromatic N) is 3. The van der Waals surface area contributed by atoms with Gasteiger partial charge in [0, 0.05) is 18.8 Å². The summed E-state index contributed by atoms with van der Waals surface area (Å²) < 4.78 is 34.4. The zero-order valence-electron chi connectivity index (χ0n) is 52.7. The summed E-state index contributed by atoms with van der Waals surface area (Å²) in [6, 6.07) is 0.733. The highest BCUT2D eigenvalue weighted by molar-refractivity contribution is 5.98. The van der Waals surface area contributed by atoms with E-state index in [1.807, 2.05) is 0 Å². The SMILES string of the molecule is CC(C)CC(=O)O[C@H]1C(O[C@H]2[C@H](O)[C@H](O)[C@@H](Oc3ccc(CC4NC(=O)C(C(C)c5ccccc5)NC(=O)CNC(=O)C(CO)NC(=O)C(C(O)C5CN=C(N)N5[C@H]5O[C@H](CO)[C@@H](O)[C@H](O)[C@@H]5O)NC(=O)C(C(O)C5CN=C(N)N5)NC4=O)cc3)O[C@@H]2CO)O[C@@H](CO)[C@H](O)[C@H]1O. The molecule has 38 heteroatoms. The van der Waals surface area contributed by atoms with Crippen LogP contribution in [0.1, 0.15) is 44.2 Å². The van der Waals surface area contributed by atoms with E-state index in [0.717, 1.165) is 4.90 Å². The monoisotopic (exact) mass is 1380 g/mol. The summed E-state index contributed by atoms with van der Waals surface area (Å²) in [6.45, 7) is -0.624. The van der Waals surface area contributed by atoms with Crippen LogP contribution in [0.3, 0.4) is 0 Å². The number of hydrogen-bond donors (Lipinski definition) is 22. The van der Waals surface area contributed by atoms with E-state index in [4.69, 9.17) is 39.9 Å². The van der Waals surface area contributed by atoms with Gasteiger partial charge in [-0.15, -0.1) is 0 Å². The average Bonchev–Trinajstić information content (AvgIpc) is 1.73. The van der Waals surface area contributed by atoms with E-state index in [2.05, 4.69) is 47.2 Å². The molecule has 538 valence electrons. The minimum Gasteiger partial charge on any atom is -0.462 e. The predicted molar refractivity (Wildman–Crippen MR) is 326 cm³/mol. The molecule has 11 unspecified atom stereocenters. The Kier molecular flexibility index (Phi) is 25.8. The summed E-state index contributed by atoms with van der Waals surface area (Å²) in [4.78, 5) is 109. The summed E-state index contributed by atoms with van der Waals surface area (Å²) in [5.74, 6) is -10.1. The number of ether oxygens (including phenoxy) is 6. The summed E-state index contributed by atoms with van der Waals surface area (Å²) in [5, 5.41) is 159. The summed E-state index contributed by atoms with van der Waals surface area (Å²) in [6.07, 6.45) is -32.0. The molecule has 38 nitrogen and oxygen atoms in total. The number of carbonyl (C=O) groups is 7. The van der Waals surface area contributed by atoms with E-state index in [1.54, 1.807) is 51.1 Å². The van der Waals surface area contributed by atoms with E-state index < -0.39 is 246 Å². The van der Waals surface area contributed by atoms with Crippen molar-refractivity contribution in [1.29, 1.82) is 0 Å². The molecule has 0 spiro atoms. The third-order valence-corrected chi connectivity index (χ3v) is 17.3. The first-order chi connectivity index (χ1) is 46.1. The topological polar surface area (TPSA) is 602 Å². The first-order valence-electron chi connectivity index (χ1n) is 31.2. The maximum absolute atomic E-state index is 15.2. The molecular formula is C59H86N12O26. The highest BCUT2D eigenvalue weighted by atomic mass is 16.7. The van der Waals surface area contributed by atoms with Crippen molar-refractivity contribution in [3.8, 4) is 5.75 Å². The molecule has 6 aliphatic heterocycles. The second kappa shape index (κ2) is 33.3. The summed E-state index contributed by atoms with van der Waals surface area (Å²) >= 11 is 0. The molecule has 0 aromatic heterocycles. The van der Waals surface area contributed by atoms with Crippen molar-refractivity contribution in [3.05, 3.63) is 65.7 Å². The molecule has 2 aromatic carbocycles. The molecule has 2 aromatic rings. The van der Waals surface area contributed by atoms with Gasteiger partial charge in [-0.3, -0.25) is 43.5 Å². The van der Waals surface area contributed by atoms with Crippen molar-refractivity contribution >= 4 is 53.3 Å². The Balaban J connectivity index is 1.10. The van der Waals surface area contributed by atoms with E-state index in [0.29, 0.717) is 5.56 Å². The maximum Gasteiger partial charge on any atom is 0.306 e. The van der Waals surface area contributed by atoms with Crippen LogP contribution in [0.15, 0.2) is 64.6 Å². The number of nitrogens with one attached hydrogen (secondary N) is 7. The first-order valence-corrected chi connectivity index (χ1v) is 31.2. The van der Waals surface area contributed by atoms with Gasteiger partial charge in [-0.25, -0.2) is 0 Å². The lowest BCUT2D eigenvalue weighted by Crippen LogP contribution is -2.70.